The van der Waals surface area contributed by atoms with E-state index >= 15 is 0 Å². The summed E-state index contributed by atoms with van der Waals surface area (Å²) < 4.78 is 12.1. The number of amidine groups is 1. The third-order valence-corrected chi connectivity index (χ3v) is 5.67. The summed E-state index contributed by atoms with van der Waals surface area (Å²) in [7, 11) is 6.26. The zero-order valence-electron chi connectivity index (χ0n) is 19.2. The van der Waals surface area contributed by atoms with E-state index in [1.165, 1.54) is 7.05 Å². The molecule has 10 nitrogen and oxygen atoms in total. The highest BCUT2D eigenvalue weighted by molar-refractivity contribution is 6.70. The van der Waals surface area contributed by atoms with E-state index in [0.29, 0.717) is 23.4 Å². The second kappa shape index (κ2) is 9.26. The number of carbonyl (C=O) groups excluding carboxylic acids is 3. The van der Waals surface area contributed by atoms with E-state index in [9.17, 15) is 14.4 Å². The average Bonchev–Trinajstić information content (AvgIpc) is 3.29. The number of amides is 3. The Hall–Kier alpha value is -4.34. The fraction of sp³-hybridized carbons (Fsp3) is 0.250. The minimum absolute atomic E-state index is 0.116. The first-order chi connectivity index (χ1) is 16.3. The van der Waals surface area contributed by atoms with E-state index in [0.717, 1.165) is 16.2 Å². The van der Waals surface area contributed by atoms with Crippen molar-refractivity contribution < 1.29 is 28.4 Å². The number of imide groups is 1. The van der Waals surface area contributed by atoms with Crippen LogP contribution in [-0.4, -0.2) is 79.1 Å². The fourth-order valence-electron chi connectivity index (χ4n) is 3.61. The lowest BCUT2D eigenvalue weighted by Gasteiger charge is -2.06. The zero-order chi connectivity index (χ0) is 24.4. The molecule has 0 bridgehead atoms. The molecule has 2 heterocycles. The Kier molecular flexibility index (Phi) is 6.22. The third kappa shape index (κ3) is 4.29. The van der Waals surface area contributed by atoms with Gasteiger partial charge < -0.3 is 9.47 Å². The molecule has 10 heteroatoms. The maximum Gasteiger partial charge on any atom is 0.349 e. The van der Waals surface area contributed by atoms with Crippen molar-refractivity contribution in [3.05, 3.63) is 59.7 Å². The zero-order valence-corrected chi connectivity index (χ0v) is 19.2. The molecular weight excluding hydrogens is 438 g/mol. The molecule has 2 aliphatic heterocycles. The Morgan fingerprint density at radius 3 is 2.18 bits per heavy atom. The predicted molar refractivity (Wildman–Crippen MR) is 125 cm³/mol. The summed E-state index contributed by atoms with van der Waals surface area (Å²) in [6.45, 7) is 0. The van der Waals surface area contributed by atoms with Crippen LogP contribution in [0.4, 0.5) is 4.79 Å². The number of methoxy groups -OCH3 is 2. The SMILES string of the molecule is COc1ccc(CC2=[N+](C)C(N=C3NC(=O)N(C)C3=O)N=C2C(=O)c2ccc(OC)cc2)cc1. The van der Waals surface area contributed by atoms with Gasteiger partial charge in [0.1, 0.15) is 18.5 Å². The number of ether oxygens (including phenoxy) is 2. The van der Waals surface area contributed by atoms with E-state index < -0.39 is 18.2 Å². The molecule has 2 aromatic carbocycles. The minimum Gasteiger partial charge on any atom is -0.497 e. The number of nitrogens with one attached hydrogen (secondary N) is 1. The number of hydrogen-bond donors (Lipinski definition) is 1. The summed E-state index contributed by atoms with van der Waals surface area (Å²) in [5.74, 6) is 0.406. The van der Waals surface area contributed by atoms with Crippen LogP contribution in [0.1, 0.15) is 15.9 Å². The van der Waals surface area contributed by atoms with Crippen LogP contribution in [0.15, 0.2) is 58.5 Å². The topological polar surface area (TPSA) is 113 Å². The van der Waals surface area contributed by atoms with Crippen LogP contribution < -0.4 is 14.8 Å². The van der Waals surface area contributed by atoms with Crippen molar-refractivity contribution in [1.82, 2.24) is 10.2 Å². The maximum absolute atomic E-state index is 13.4. The lowest BCUT2D eigenvalue weighted by atomic mass is 9.98. The van der Waals surface area contributed by atoms with Crippen LogP contribution in [0.25, 0.3) is 0 Å². The Morgan fingerprint density at radius 2 is 1.65 bits per heavy atom. The predicted octanol–water partition coefficient (Wildman–Crippen LogP) is 1.53. The van der Waals surface area contributed by atoms with Gasteiger partial charge in [0.2, 0.25) is 17.3 Å². The Balaban J connectivity index is 1.71. The summed E-state index contributed by atoms with van der Waals surface area (Å²) in [4.78, 5) is 47.3. The first kappa shape index (κ1) is 22.8. The number of nitrogens with zero attached hydrogens (tertiary/aromatic N) is 4. The first-order valence-corrected chi connectivity index (χ1v) is 10.5. The summed E-state index contributed by atoms with van der Waals surface area (Å²) in [5.41, 5.74) is 2.27. The van der Waals surface area contributed by atoms with Crippen LogP contribution in [-0.2, 0) is 11.2 Å². The smallest absolute Gasteiger partial charge is 0.349 e. The molecule has 1 saturated heterocycles. The Bertz CT molecular complexity index is 1250. The van der Waals surface area contributed by atoms with Gasteiger partial charge in [0.25, 0.3) is 5.91 Å². The number of rotatable bonds is 7. The lowest BCUT2D eigenvalue weighted by molar-refractivity contribution is -0.529. The van der Waals surface area contributed by atoms with Crippen LogP contribution in [0, 0.1) is 0 Å². The summed E-state index contributed by atoms with van der Waals surface area (Å²) in [6, 6.07) is 13.7. The molecule has 174 valence electrons. The number of hydrogen-bond acceptors (Lipinski definition) is 7. The quantitative estimate of drug-likeness (QED) is 0.381. The Labute approximate surface area is 196 Å². The number of aliphatic imine (C=N–C) groups is 2. The van der Waals surface area contributed by atoms with Crippen LogP contribution in [0.5, 0.6) is 11.5 Å². The number of benzene rings is 2. The number of Topliss-reactive ketones (excluding diaryl/α,β-unsaturated/α-hetero) is 1. The highest BCUT2D eigenvalue weighted by atomic mass is 16.5. The van der Waals surface area contributed by atoms with E-state index in [4.69, 9.17) is 9.47 Å². The van der Waals surface area contributed by atoms with E-state index in [1.54, 1.807) is 50.1 Å². The van der Waals surface area contributed by atoms with Gasteiger partial charge in [-0.15, -0.1) is 0 Å². The van der Waals surface area contributed by atoms with Gasteiger partial charge in [-0.3, -0.25) is 19.8 Å². The van der Waals surface area contributed by atoms with Crippen molar-refractivity contribution in [3.63, 3.8) is 0 Å². The van der Waals surface area contributed by atoms with Crippen molar-refractivity contribution in [3.8, 4) is 11.5 Å². The van der Waals surface area contributed by atoms with E-state index in [-0.39, 0.29) is 17.3 Å². The molecule has 2 aliphatic rings. The molecule has 0 aromatic heterocycles. The second-order valence-corrected chi connectivity index (χ2v) is 7.74. The van der Waals surface area contributed by atoms with E-state index in [1.807, 2.05) is 24.3 Å². The number of ketones is 1. The normalized spacial score (nSPS) is 18.9. The first-order valence-electron chi connectivity index (χ1n) is 10.5. The van der Waals surface area contributed by atoms with Crippen molar-refractivity contribution in [2.24, 2.45) is 9.98 Å². The fourth-order valence-corrected chi connectivity index (χ4v) is 3.61. The molecule has 0 radical (unpaired) electrons. The molecule has 1 fully saturated rings. The average molecular weight is 462 g/mol. The number of carbonyl (C=O) groups is 3. The minimum atomic E-state index is -0.879. The molecule has 3 amide bonds. The monoisotopic (exact) mass is 462 g/mol. The molecule has 0 saturated carbocycles. The largest absolute Gasteiger partial charge is 0.497 e. The maximum atomic E-state index is 13.4. The number of urea groups is 1. The highest BCUT2D eigenvalue weighted by Gasteiger charge is 2.40. The molecule has 1 unspecified atom stereocenters. The van der Waals surface area contributed by atoms with Crippen molar-refractivity contribution >= 4 is 35.0 Å². The van der Waals surface area contributed by atoms with Gasteiger partial charge >= 0.3 is 12.3 Å². The lowest BCUT2D eigenvalue weighted by Crippen LogP contribution is -2.30. The molecular formula is C24H24N5O5+. The molecule has 34 heavy (non-hydrogen) atoms. The molecule has 1 atom stereocenters. The molecule has 1 N–H and O–H groups in total. The van der Waals surface area contributed by atoms with Crippen LogP contribution in [0.3, 0.4) is 0 Å². The van der Waals surface area contributed by atoms with Crippen molar-refractivity contribution in [1.29, 1.82) is 0 Å². The molecule has 0 spiro atoms. The Morgan fingerprint density at radius 1 is 1.06 bits per heavy atom. The molecule has 0 aliphatic carbocycles. The van der Waals surface area contributed by atoms with Gasteiger partial charge in [-0.2, -0.15) is 14.6 Å². The third-order valence-electron chi connectivity index (χ3n) is 5.67. The summed E-state index contributed by atoms with van der Waals surface area (Å²) >= 11 is 0. The van der Waals surface area contributed by atoms with Crippen molar-refractivity contribution in [2.75, 3.05) is 28.3 Å². The van der Waals surface area contributed by atoms with E-state index in [2.05, 4.69) is 15.3 Å². The molecule has 2 aromatic rings. The van der Waals surface area contributed by atoms with Crippen LogP contribution >= 0.6 is 0 Å². The van der Waals surface area contributed by atoms with Crippen LogP contribution in [0.2, 0.25) is 0 Å². The number of likely N-dealkylation sites (N-methyl/N-ethyl adjacent to an activating group) is 1. The van der Waals surface area contributed by atoms with Gasteiger partial charge in [0.15, 0.2) is 5.71 Å². The van der Waals surface area contributed by atoms with Gasteiger partial charge in [0.05, 0.1) is 20.6 Å². The highest BCUT2D eigenvalue weighted by Crippen LogP contribution is 2.19. The van der Waals surface area contributed by atoms with Gasteiger partial charge in [-0.1, -0.05) is 12.1 Å². The standard InChI is InChI=1S/C24H23N5O5/c1-28-18(13-14-5-9-16(33-3)10-6-14)19(20(30)15-7-11-17(34-4)12-8-15)25-23(28)26-21-22(31)29(2)24(32)27-21/h5-12,23H,13H2,1-4H3/p+1. The summed E-state index contributed by atoms with van der Waals surface area (Å²) in [6.07, 6.45) is -0.473. The second-order valence-electron chi connectivity index (χ2n) is 7.74. The summed E-state index contributed by atoms with van der Waals surface area (Å²) in [5, 5.41) is 2.44. The van der Waals surface area contributed by atoms with Gasteiger partial charge in [-0.25, -0.2) is 4.79 Å². The van der Waals surface area contributed by atoms with Gasteiger partial charge in [-0.05, 0) is 42.0 Å². The van der Waals surface area contributed by atoms with Crippen molar-refractivity contribution in [2.45, 2.75) is 12.7 Å². The van der Waals surface area contributed by atoms with Gasteiger partial charge in [0, 0.05) is 12.6 Å². The molecule has 4 rings (SSSR count).